The third-order valence-electron chi connectivity index (χ3n) is 6.40. The molecule has 0 aliphatic rings. The summed E-state index contributed by atoms with van der Waals surface area (Å²) in [6, 6.07) is 22.3. The molecule has 3 rings (SSSR count). The van der Waals surface area contributed by atoms with Crippen molar-refractivity contribution in [1.29, 1.82) is 0 Å². The summed E-state index contributed by atoms with van der Waals surface area (Å²) in [7, 11) is 0. The minimum absolute atomic E-state index is 0.192. The van der Waals surface area contributed by atoms with Gasteiger partial charge in [0.15, 0.2) is 0 Å². The van der Waals surface area contributed by atoms with E-state index in [4.69, 9.17) is 14.2 Å². The van der Waals surface area contributed by atoms with Gasteiger partial charge in [0.2, 0.25) is 0 Å². The molecule has 3 aromatic carbocycles. The number of carbonyl (C=O) groups is 4. The van der Waals surface area contributed by atoms with Crippen molar-refractivity contribution in [3.05, 3.63) is 90.5 Å². The topological polar surface area (TPSA) is 123 Å². The van der Waals surface area contributed by atoms with Gasteiger partial charge in [-0.1, -0.05) is 48.5 Å². The Morgan fingerprint density at radius 3 is 1.73 bits per heavy atom. The predicted octanol–water partition coefficient (Wildman–Crippen LogP) is 7.41. The van der Waals surface area contributed by atoms with E-state index < -0.39 is 34.7 Å². The molecule has 10 nitrogen and oxygen atoms in total. The van der Waals surface area contributed by atoms with E-state index in [1.165, 1.54) is 6.08 Å². The van der Waals surface area contributed by atoms with Crippen LogP contribution < -0.4 is 15.5 Å². The highest BCUT2D eigenvalue weighted by atomic mass is 16.6. The van der Waals surface area contributed by atoms with E-state index in [0.29, 0.717) is 22.6 Å². The Morgan fingerprint density at radius 1 is 0.673 bits per heavy atom. The van der Waals surface area contributed by atoms with E-state index in [-0.39, 0.29) is 25.5 Å². The van der Waals surface area contributed by atoms with Crippen molar-refractivity contribution in [2.24, 2.45) is 0 Å². The molecule has 1 amide bonds. The lowest BCUT2D eigenvalue weighted by Gasteiger charge is -2.29. The second kappa shape index (κ2) is 16.3. The molecule has 0 aromatic heterocycles. The summed E-state index contributed by atoms with van der Waals surface area (Å²) in [6.45, 7) is 15.6. The van der Waals surface area contributed by atoms with Crippen LogP contribution >= 0.6 is 0 Å². The number of amides is 1. The molecule has 0 unspecified atom stereocenters. The van der Waals surface area contributed by atoms with Crippen molar-refractivity contribution < 1.29 is 33.4 Å². The van der Waals surface area contributed by atoms with Gasteiger partial charge in [-0.05, 0) is 104 Å². The molecule has 0 atom stereocenters. The Balaban J connectivity index is 1.93. The Bertz CT molecular complexity index is 1600. The van der Waals surface area contributed by atoms with E-state index in [1.807, 2.05) is 42.5 Å². The number of nitrogens with one attached hydrogen (secondary N) is 2. The number of rotatable bonds is 12. The van der Waals surface area contributed by atoms with Crippen LogP contribution in [0.5, 0.6) is 0 Å². The average molecular weight is 672 g/mol. The van der Waals surface area contributed by atoms with Gasteiger partial charge in [0.1, 0.15) is 29.9 Å². The molecule has 262 valence electrons. The number of hydrogen-bond acceptors (Lipinski definition) is 9. The number of esters is 3. The summed E-state index contributed by atoms with van der Waals surface area (Å²) in [4.78, 5) is 53.1. The van der Waals surface area contributed by atoms with Gasteiger partial charge in [-0.25, -0.2) is 4.79 Å². The summed E-state index contributed by atoms with van der Waals surface area (Å²) < 4.78 is 16.5. The molecule has 3 aromatic rings. The minimum Gasteiger partial charge on any atom is -0.459 e. The van der Waals surface area contributed by atoms with Gasteiger partial charge in [-0.3, -0.25) is 14.4 Å². The highest BCUT2D eigenvalue weighted by Crippen LogP contribution is 2.31. The van der Waals surface area contributed by atoms with Gasteiger partial charge in [0.05, 0.1) is 11.4 Å². The fourth-order valence-electron chi connectivity index (χ4n) is 4.62. The number of ether oxygens (including phenoxy) is 3. The Kier molecular flexibility index (Phi) is 12.8. The summed E-state index contributed by atoms with van der Waals surface area (Å²) in [6.07, 6.45) is 2.92. The summed E-state index contributed by atoms with van der Waals surface area (Å²) in [5.74, 6) is -1.89. The largest absolute Gasteiger partial charge is 0.459 e. The van der Waals surface area contributed by atoms with Crippen molar-refractivity contribution in [2.75, 3.05) is 35.2 Å². The van der Waals surface area contributed by atoms with Gasteiger partial charge in [-0.15, -0.1) is 0 Å². The van der Waals surface area contributed by atoms with Crippen LogP contribution in [0.1, 0.15) is 72.7 Å². The van der Waals surface area contributed by atoms with Gasteiger partial charge in [0, 0.05) is 23.9 Å². The molecule has 0 aliphatic heterocycles. The molecule has 2 N–H and O–H groups in total. The number of anilines is 3. The first-order valence-electron chi connectivity index (χ1n) is 16.2. The first-order chi connectivity index (χ1) is 22.8. The van der Waals surface area contributed by atoms with Crippen molar-refractivity contribution >= 4 is 40.9 Å². The van der Waals surface area contributed by atoms with Crippen LogP contribution in [0.25, 0.3) is 11.1 Å². The molecule has 49 heavy (non-hydrogen) atoms. The van der Waals surface area contributed by atoms with Crippen LogP contribution in [0, 0.1) is 0 Å². The molecule has 10 heteroatoms. The van der Waals surface area contributed by atoms with Gasteiger partial charge < -0.3 is 29.7 Å². The molecule has 0 saturated heterocycles. The highest BCUT2D eigenvalue weighted by Gasteiger charge is 2.25. The fraction of sp³-hybridized carbons (Fsp3) is 0.385. The van der Waals surface area contributed by atoms with Crippen LogP contribution in [-0.2, 0) is 28.6 Å². The standard InChI is InChI=1S/C39H49N3O7/c1-37(2,3)47-33(43)16-13-23-40-31-24-30(41-36(46)29-19-17-28(18-20-29)27-14-11-10-12-15-27)21-22-32(31)42(25-34(44)48-38(4,5)6)26-35(45)49-39(7,8)9/h10-22,24,40H,23,25-26H2,1-9H3,(H,41,46). The van der Waals surface area contributed by atoms with Crippen molar-refractivity contribution in [2.45, 2.75) is 79.1 Å². The van der Waals surface area contributed by atoms with Crippen LogP contribution in [0.3, 0.4) is 0 Å². The smallest absolute Gasteiger partial charge is 0.331 e. The Hall–Kier alpha value is -5.12. The molecule has 0 heterocycles. The molecule has 0 spiro atoms. The third-order valence-corrected chi connectivity index (χ3v) is 6.40. The van der Waals surface area contributed by atoms with Crippen molar-refractivity contribution in [1.82, 2.24) is 0 Å². The minimum atomic E-state index is -0.740. The van der Waals surface area contributed by atoms with Crippen LogP contribution in [-0.4, -0.2) is 60.3 Å². The van der Waals surface area contributed by atoms with Crippen molar-refractivity contribution in [3.8, 4) is 11.1 Å². The zero-order valence-electron chi connectivity index (χ0n) is 30.0. The third kappa shape index (κ3) is 13.9. The summed E-state index contributed by atoms with van der Waals surface area (Å²) in [5.41, 5.74) is 1.81. The second-order valence-electron chi connectivity index (χ2n) is 14.5. The Labute approximate surface area is 289 Å². The summed E-state index contributed by atoms with van der Waals surface area (Å²) >= 11 is 0. The average Bonchev–Trinajstić information content (AvgIpc) is 2.97. The maximum absolute atomic E-state index is 13.3. The monoisotopic (exact) mass is 671 g/mol. The lowest BCUT2D eigenvalue weighted by Crippen LogP contribution is -2.40. The van der Waals surface area contributed by atoms with E-state index in [1.54, 1.807) is 104 Å². The van der Waals surface area contributed by atoms with E-state index in [2.05, 4.69) is 10.6 Å². The normalized spacial score (nSPS) is 11.9. The predicted molar refractivity (Wildman–Crippen MR) is 194 cm³/mol. The number of benzene rings is 3. The molecule has 0 bridgehead atoms. The van der Waals surface area contributed by atoms with Crippen LogP contribution in [0.4, 0.5) is 17.1 Å². The maximum Gasteiger partial charge on any atom is 0.331 e. The first-order valence-corrected chi connectivity index (χ1v) is 16.2. The molecule has 0 aliphatic carbocycles. The number of carbonyl (C=O) groups excluding carboxylic acids is 4. The maximum atomic E-state index is 13.3. The van der Waals surface area contributed by atoms with E-state index in [0.717, 1.165) is 11.1 Å². The van der Waals surface area contributed by atoms with Crippen LogP contribution in [0.15, 0.2) is 84.9 Å². The van der Waals surface area contributed by atoms with Crippen molar-refractivity contribution in [3.63, 3.8) is 0 Å². The Morgan fingerprint density at radius 2 is 1.20 bits per heavy atom. The zero-order valence-corrected chi connectivity index (χ0v) is 30.0. The lowest BCUT2D eigenvalue weighted by atomic mass is 10.0. The first kappa shape index (κ1) is 38.3. The second-order valence-corrected chi connectivity index (χ2v) is 14.5. The quantitative estimate of drug-likeness (QED) is 0.115. The molecule has 0 fully saturated rings. The zero-order chi connectivity index (χ0) is 36.4. The number of hydrogen-bond donors (Lipinski definition) is 2. The van der Waals surface area contributed by atoms with Gasteiger partial charge in [-0.2, -0.15) is 0 Å². The van der Waals surface area contributed by atoms with Gasteiger partial charge in [0.25, 0.3) is 5.91 Å². The number of nitrogens with zero attached hydrogens (tertiary/aromatic N) is 1. The molecular formula is C39H49N3O7. The van der Waals surface area contributed by atoms with E-state index in [9.17, 15) is 19.2 Å². The highest BCUT2D eigenvalue weighted by molar-refractivity contribution is 6.05. The van der Waals surface area contributed by atoms with Gasteiger partial charge >= 0.3 is 17.9 Å². The van der Waals surface area contributed by atoms with Crippen LogP contribution in [0.2, 0.25) is 0 Å². The molecule has 0 radical (unpaired) electrons. The lowest BCUT2D eigenvalue weighted by molar-refractivity contribution is -0.154. The SMILES string of the molecule is CC(C)(C)OC(=O)C=CCNc1cc(NC(=O)c2ccc(-c3ccccc3)cc2)ccc1N(CC(=O)OC(C)(C)C)CC(=O)OC(C)(C)C. The van der Waals surface area contributed by atoms with E-state index >= 15 is 0 Å². The summed E-state index contributed by atoms with van der Waals surface area (Å²) in [5, 5.41) is 6.17. The molecular weight excluding hydrogens is 622 g/mol. The molecule has 0 saturated carbocycles. The fourth-order valence-corrected chi connectivity index (χ4v) is 4.62.